The van der Waals surface area contributed by atoms with E-state index in [1.807, 2.05) is 11.3 Å². The van der Waals surface area contributed by atoms with Gasteiger partial charge in [0.2, 0.25) is 0 Å². The van der Waals surface area contributed by atoms with Crippen molar-refractivity contribution < 1.29 is 4.74 Å². The van der Waals surface area contributed by atoms with E-state index >= 15 is 0 Å². The van der Waals surface area contributed by atoms with Crippen LogP contribution in [0.1, 0.15) is 55.7 Å². The molecule has 36 heavy (non-hydrogen) atoms. The van der Waals surface area contributed by atoms with Gasteiger partial charge in [0.1, 0.15) is 5.75 Å². The molecule has 1 aromatic carbocycles. The smallest absolute Gasteiger partial charge is 0.157 e. The molecule has 1 aliphatic heterocycles. The van der Waals surface area contributed by atoms with Gasteiger partial charge in [0.15, 0.2) is 5.82 Å². The largest absolute Gasteiger partial charge is 0.493 e. The molecule has 3 aromatic heterocycles. The Morgan fingerprint density at radius 1 is 1.08 bits per heavy atom. The second kappa shape index (κ2) is 11.4. The van der Waals surface area contributed by atoms with Crippen molar-refractivity contribution in [2.45, 2.75) is 57.4 Å². The molecule has 1 N–H and O–H groups in total. The first kappa shape index (κ1) is 25.4. The van der Waals surface area contributed by atoms with E-state index in [1.165, 1.54) is 59.3 Å². The number of aryl methyl sites for hydroxylation is 3. The topological polar surface area (TPSA) is 44.0 Å². The minimum atomic E-state index is 0. The number of nitrogens with one attached hydrogen (secondary N) is 1. The predicted octanol–water partition coefficient (Wildman–Crippen LogP) is 6.80. The summed E-state index contributed by atoms with van der Waals surface area (Å²) < 4.78 is 12.1. The summed E-state index contributed by atoms with van der Waals surface area (Å²) in [6, 6.07) is 13.3. The van der Waals surface area contributed by atoms with Crippen LogP contribution in [0.3, 0.4) is 0 Å². The van der Waals surface area contributed by atoms with Gasteiger partial charge in [-0.1, -0.05) is 18.6 Å². The Bertz CT molecular complexity index is 1260. The van der Waals surface area contributed by atoms with Crippen molar-refractivity contribution in [3.8, 4) is 17.3 Å². The van der Waals surface area contributed by atoms with E-state index in [4.69, 9.17) is 9.72 Å². The summed E-state index contributed by atoms with van der Waals surface area (Å²) in [7, 11) is 2.17. The molecule has 0 unspecified atom stereocenters. The van der Waals surface area contributed by atoms with Crippen LogP contribution in [-0.4, -0.2) is 33.8 Å². The van der Waals surface area contributed by atoms with Crippen LogP contribution in [0.4, 0.5) is 0 Å². The summed E-state index contributed by atoms with van der Waals surface area (Å²) in [6.07, 6.45) is 10.8. The van der Waals surface area contributed by atoms with Gasteiger partial charge in [-0.2, -0.15) is 0 Å². The lowest BCUT2D eigenvalue weighted by Crippen LogP contribution is -2.30. The second-order valence-corrected chi connectivity index (χ2v) is 11.3. The minimum absolute atomic E-state index is 0. The van der Waals surface area contributed by atoms with Gasteiger partial charge in [0, 0.05) is 25.7 Å². The van der Waals surface area contributed by atoms with E-state index in [9.17, 15) is 0 Å². The Hall–Kier alpha value is -2.28. The molecule has 1 saturated heterocycles. The standard InChI is InChI=1S/C29H36N4OS.ClH/c1-32-26-13-17-35-28(26)18-27(32)29-31-25(23-5-2-6-23)19-33(29)16-3-4-21-7-9-24(10-8-21)34-20-22-11-14-30-15-12-22;/h7-10,13,17-19,22-23,30H,2-6,11-12,14-16,20H2,1H3;1H. The van der Waals surface area contributed by atoms with Crippen LogP contribution in [-0.2, 0) is 20.0 Å². The Labute approximate surface area is 224 Å². The van der Waals surface area contributed by atoms with Gasteiger partial charge >= 0.3 is 0 Å². The number of hydrogen-bond acceptors (Lipinski definition) is 4. The molecule has 7 heteroatoms. The Morgan fingerprint density at radius 3 is 2.61 bits per heavy atom. The fraction of sp³-hybridized carbons (Fsp3) is 0.483. The molecule has 192 valence electrons. The van der Waals surface area contributed by atoms with Crippen molar-refractivity contribution >= 4 is 34.0 Å². The predicted molar refractivity (Wildman–Crippen MR) is 152 cm³/mol. The fourth-order valence-electron chi connectivity index (χ4n) is 5.44. The lowest BCUT2D eigenvalue weighted by Gasteiger charge is -2.22. The second-order valence-electron chi connectivity index (χ2n) is 10.3. The SMILES string of the molecule is Cl.Cn1c(-c2nc(C3CCC3)cn2CCCc2ccc(OCC3CCNCC3)cc2)cc2sccc21. The van der Waals surface area contributed by atoms with Crippen molar-refractivity contribution in [3.05, 3.63) is 59.2 Å². The van der Waals surface area contributed by atoms with Crippen molar-refractivity contribution in [1.29, 1.82) is 0 Å². The van der Waals surface area contributed by atoms with Crippen molar-refractivity contribution in [2.24, 2.45) is 13.0 Å². The highest BCUT2D eigenvalue weighted by Crippen LogP contribution is 2.38. The van der Waals surface area contributed by atoms with Crippen LogP contribution in [0.25, 0.3) is 21.7 Å². The molecule has 0 radical (unpaired) electrons. The lowest BCUT2D eigenvalue weighted by molar-refractivity contribution is 0.215. The number of benzene rings is 1. The van der Waals surface area contributed by atoms with E-state index in [2.05, 4.69) is 69.5 Å². The molecule has 4 aromatic rings. The van der Waals surface area contributed by atoms with Gasteiger partial charge in [-0.05, 0) is 92.7 Å². The van der Waals surface area contributed by atoms with Crippen LogP contribution in [0.2, 0.25) is 0 Å². The third-order valence-electron chi connectivity index (χ3n) is 7.94. The Morgan fingerprint density at radius 2 is 1.89 bits per heavy atom. The highest BCUT2D eigenvalue weighted by Gasteiger charge is 2.25. The summed E-state index contributed by atoms with van der Waals surface area (Å²) >= 11 is 1.81. The number of thiophene rings is 1. The summed E-state index contributed by atoms with van der Waals surface area (Å²) in [4.78, 5) is 5.16. The van der Waals surface area contributed by atoms with Crippen molar-refractivity contribution in [1.82, 2.24) is 19.4 Å². The van der Waals surface area contributed by atoms with Gasteiger partial charge in [-0.25, -0.2) is 4.98 Å². The van der Waals surface area contributed by atoms with E-state index < -0.39 is 0 Å². The minimum Gasteiger partial charge on any atom is -0.493 e. The van der Waals surface area contributed by atoms with Gasteiger partial charge in [0.25, 0.3) is 0 Å². The maximum atomic E-state index is 6.07. The zero-order valence-electron chi connectivity index (χ0n) is 21.1. The molecule has 2 fully saturated rings. The molecule has 0 atom stereocenters. The van der Waals surface area contributed by atoms with Crippen LogP contribution in [0.5, 0.6) is 5.75 Å². The number of hydrogen-bond donors (Lipinski definition) is 1. The first-order valence-corrected chi connectivity index (χ1v) is 14.2. The molecule has 6 rings (SSSR count). The number of halogens is 1. The summed E-state index contributed by atoms with van der Waals surface area (Å²) in [6.45, 7) is 4.07. The number of ether oxygens (including phenoxy) is 1. The summed E-state index contributed by atoms with van der Waals surface area (Å²) in [5.74, 6) is 3.46. The molecular weight excluding hydrogens is 488 g/mol. The molecule has 1 aliphatic carbocycles. The van der Waals surface area contributed by atoms with E-state index in [-0.39, 0.29) is 12.4 Å². The van der Waals surface area contributed by atoms with Gasteiger partial charge < -0.3 is 19.2 Å². The Kier molecular flexibility index (Phi) is 8.04. The number of aromatic nitrogens is 3. The quantitative estimate of drug-likeness (QED) is 0.262. The van der Waals surface area contributed by atoms with Gasteiger partial charge in [-0.15, -0.1) is 23.7 Å². The first-order chi connectivity index (χ1) is 17.2. The van der Waals surface area contributed by atoms with Crippen LogP contribution in [0.15, 0.2) is 48.0 Å². The maximum absolute atomic E-state index is 6.07. The van der Waals surface area contributed by atoms with Crippen molar-refractivity contribution in [2.75, 3.05) is 19.7 Å². The number of piperidine rings is 1. The fourth-order valence-corrected chi connectivity index (χ4v) is 6.29. The third kappa shape index (κ3) is 5.36. The third-order valence-corrected chi connectivity index (χ3v) is 8.80. The van der Waals surface area contributed by atoms with E-state index in [0.29, 0.717) is 11.8 Å². The molecule has 0 spiro atoms. The average molecular weight is 525 g/mol. The maximum Gasteiger partial charge on any atom is 0.157 e. The number of imidazole rings is 1. The summed E-state index contributed by atoms with van der Waals surface area (Å²) in [5, 5.41) is 5.59. The highest BCUT2D eigenvalue weighted by atomic mass is 35.5. The van der Waals surface area contributed by atoms with Crippen LogP contribution < -0.4 is 10.1 Å². The van der Waals surface area contributed by atoms with E-state index in [0.717, 1.165) is 50.7 Å². The normalized spacial score (nSPS) is 16.7. The monoisotopic (exact) mass is 524 g/mol. The van der Waals surface area contributed by atoms with Gasteiger partial charge in [0.05, 0.1) is 28.2 Å². The molecule has 5 nitrogen and oxygen atoms in total. The van der Waals surface area contributed by atoms with Crippen LogP contribution >= 0.6 is 23.7 Å². The molecule has 4 heterocycles. The average Bonchev–Trinajstić information content (AvgIpc) is 3.55. The van der Waals surface area contributed by atoms with E-state index in [1.54, 1.807) is 0 Å². The lowest BCUT2D eigenvalue weighted by atomic mass is 9.83. The highest BCUT2D eigenvalue weighted by molar-refractivity contribution is 7.17. The molecule has 0 amide bonds. The number of rotatable bonds is 9. The number of fused-ring (bicyclic) bond motifs is 1. The zero-order valence-corrected chi connectivity index (χ0v) is 22.8. The van der Waals surface area contributed by atoms with Gasteiger partial charge in [-0.3, -0.25) is 0 Å². The first-order valence-electron chi connectivity index (χ1n) is 13.3. The molecule has 1 saturated carbocycles. The summed E-state index contributed by atoms with van der Waals surface area (Å²) in [5.41, 5.74) is 5.19. The van der Waals surface area contributed by atoms with Crippen LogP contribution in [0, 0.1) is 5.92 Å². The molecule has 2 aliphatic rings. The molecular formula is C29H37ClN4OS. The number of nitrogens with zero attached hydrogens (tertiary/aromatic N) is 3. The Balaban J connectivity index is 0.00000267. The zero-order chi connectivity index (χ0) is 23.6. The molecule has 0 bridgehead atoms. The van der Waals surface area contributed by atoms with Crippen molar-refractivity contribution in [3.63, 3.8) is 0 Å².